The Morgan fingerprint density at radius 1 is 1.12 bits per heavy atom. The van der Waals surface area contributed by atoms with Crippen LogP contribution in [0.2, 0.25) is 0 Å². The number of hydrogen-bond donors (Lipinski definition) is 1. The number of nitrogens with two attached hydrogens (primary N) is 1. The van der Waals surface area contributed by atoms with Crippen LogP contribution in [0.4, 0.5) is 0 Å². The molecule has 3 unspecified atom stereocenters. The molecule has 2 nitrogen and oxygen atoms in total. The van der Waals surface area contributed by atoms with Crippen LogP contribution >= 0.6 is 12.4 Å². The van der Waals surface area contributed by atoms with Crippen molar-refractivity contribution in [2.45, 2.75) is 44.6 Å². The van der Waals surface area contributed by atoms with E-state index in [1.54, 1.807) is 6.42 Å². The van der Waals surface area contributed by atoms with Crippen molar-refractivity contribution < 1.29 is 0 Å². The highest BCUT2D eigenvalue weighted by Gasteiger charge is 2.40. The number of likely N-dealkylation sites (tertiary alicyclic amines) is 1. The average Bonchev–Trinajstić information content (AvgIpc) is 2.79. The Morgan fingerprint density at radius 3 is 2.62 bits per heavy atom. The maximum atomic E-state index is 6.03. The standard InChI is InChI=1S/C13H24N2.ClH/c14-13-2-1-5-15(9-13)8-12-7-10-3-4-11(12)6-10;/h10-13H,1-9,14H2;1H/t10?,11?,12?,13-;/m1./s1. The highest BCUT2D eigenvalue weighted by atomic mass is 35.5. The van der Waals surface area contributed by atoms with E-state index in [2.05, 4.69) is 4.90 Å². The monoisotopic (exact) mass is 244 g/mol. The second-order valence-electron chi connectivity index (χ2n) is 6.10. The zero-order valence-corrected chi connectivity index (χ0v) is 10.9. The Hall–Kier alpha value is 0.210. The van der Waals surface area contributed by atoms with E-state index in [4.69, 9.17) is 5.73 Å². The predicted octanol–water partition coefficient (Wildman–Crippen LogP) is 2.27. The molecule has 3 rings (SSSR count). The molecule has 16 heavy (non-hydrogen) atoms. The number of piperidine rings is 1. The summed E-state index contributed by atoms with van der Waals surface area (Å²) >= 11 is 0. The third-order valence-electron chi connectivity index (χ3n) is 4.92. The maximum absolute atomic E-state index is 6.03. The molecule has 3 heteroatoms. The number of nitrogens with zero attached hydrogens (tertiary/aromatic N) is 1. The van der Waals surface area contributed by atoms with Gasteiger partial charge in [-0.3, -0.25) is 0 Å². The van der Waals surface area contributed by atoms with Crippen LogP contribution in [0, 0.1) is 17.8 Å². The molecule has 0 aromatic heterocycles. The van der Waals surface area contributed by atoms with Gasteiger partial charge in [0.1, 0.15) is 0 Å². The summed E-state index contributed by atoms with van der Waals surface area (Å²) in [6.07, 6.45) is 8.69. The second-order valence-corrected chi connectivity index (χ2v) is 6.10. The van der Waals surface area contributed by atoms with Gasteiger partial charge in [-0.15, -0.1) is 12.4 Å². The molecule has 3 fully saturated rings. The quantitative estimate of drug-likeness (QED) is 0.808. The van der Waals surface area contributed by atoms with Gasteiger partial charge in [-0.2, -0.15) is 0 Å². The third kappa shape index (κ3) is 2.55. The molecule has 94 valence electrons. The van der Waals surface area contributed by atoms with E-state index in [0.717, 1.165) is 24.3 Å². The second kappa shape index (κ2) is 5.24. The van der Waals surface area contributed by atoms with Crippen LogP contribution in [0.25, 0.3) is 0 Å². The minimum Gasteiger partial charge on any atom is -0.327 e. The first-order valence-corrected chi connectivity index (χ1v) is 6.79. The summed E-state index contributed by atoms with van der Waals surface area (Å²) in [5, 5.41) is 0. The fourth-order valence-corrected chi connectivity index (χ4v) is 4.19. The Morgan fingerprint density at radius 2 is 2.00 bits per heavy atom. The van der Waals surface area contributed by atoms with Crippen molar-refractivity contribution in [3.8, 4) is 0 Å². The first kappa shape index (κ1) is 12.7. The molecule has 0 spiro atoms. The summed E-state index contributed by atoms with van der Waals surface area (Å²) in [7, 11) is 0. The molecule has 2 N–H and O–H groups in total. The molecule has 2 aliphatic carbocycles. The van der Waals surface area contributed by atoms with Gasteiger partial charge in [0.15, 0.2) is 0 Å². The molecule has 0 radical (unpaired) electrons. The Balaban J connectivity index is 0.000000963. The lowest BCUT2D eigenvalue weighted by Gasteiger charge is -2.34. The highest BCUT2D eigenvalue weighted by Crippen LogP contribution is 2.48. The Kier molecular flexibility index (Phi) is 4.15. The summed E-state index contributed by atoms with van der Waals surface area (Å²) in [5.41, 5.74) is 6.03. The van der Waals surface area contributed by atoms with Gasteiger partial charge in [0, 0.05) is 19.1 Å². The smallest absolute Gasteiger partial charge is 0.0168 e. The molecule has 1 saturated heterocycles. The molecule has 0 aromatic rings. The fourth-order valence-electron chi connectivity index (χ4n) is 4.19. The lowest BCUT2D eigenvalue weighted by molar-refractivity contribution is 0.154. The van der Waals surface area contributed by atoms with E-state index < -0.39 is 0 Å². The number of rotatable bonds is 2. The van der Waals surface area contributed by atoms with E-state index in [0.29, 0.717) is 6.04 Å². The summed E-state index contributed by atoms with van der Waals surface area (Å²) in [6.45, 7) is 3.82. The summed E-state index contributed by atoms with van der Waals surface area (Å²) < 4.78 is 0. The number of hydrogen-bond acceptors (Lipinski definition) is 2. The minimum absolute atomic E-state index is 0. The van der Waals surface area contributed by atoms with Gasteiger partial charge in [0.2, 0.25) is 0 Å². The van der Waals surface area contributed by atoms with Gasteiger partial charge in [-0.05, 0) is 56.4 Å². The largest absolute Gasteiger partial charge is 0.327 e. The molecule has 2 bridgehead atoms. The number of halogens is 1. The van der Waals surface area contributed by atoms with Crippen molar-refractivity contribution in [1.82, 2.24) is 4.90 Å². The zero-order valence-electron chi connectivity index (χ0n) is 10.1. The molecule has 1 aliphatic heterocycles. The molecule has 0 aromatic carbocycles. The normalized spacial score (nSPS) is 43.3. The van der Waals surface area contributed by atoms with Crippen LogP contribution < -0.4 is 5.73 Å². The lowest BCUT2D eigenvalue weighted by atomic mass is 9.88. The van der Waals surface area contributed by atoms with Gasteiger partial charge < -0.3 is 10.6 Å². The molecule has 0 amide bonds. The zero-order chi connectivity index (χ0) is 10.3. The van der Waals surface area contributed by atoms with Crippen LogP contribution in [-0.2, 0) is 0 Å². The van der Waals surface area contributed by atoms with Gasteiger partial charge >= 0.3 is 0 Å². The van der Waals surface area contributed by atoms with Gasteiger partial charge in [0.25, 0.3) is 0 Å². The van der Waals surface area contributed by atoms with Crippen molar-refractivity contribution in [3.05, 3.63) is 0 Å². The van der Waals surface area contributed by atoms with E-state index in [1.165, 1.54) is 45.2 Å². The van der Waals surface area contributed by atoms with Crippen LogP contribution in [-0.4, -0.2) is 30.6 Å². The fraction of sp³-hybridized carbons (Fsp3) is 1.00. The van der Waals surface area contributed by atoms with Crippen molar-refractivity contribution in [2.24, 2.45) is 23.5 Å². The first-order chi connectivity index (χ1) is 7.31. The van der Waals surface area contributed by atoms with Gasteiger partial charge in [-0.25, -0.2) is 0 Å². The SMILES string of the molecule is Cl.N[C@@H]1CCCN(CC2CC3CCC2C3)C1. The van der Waals surface area contributed by atoms with E-state index in [1.807, 2.05) is 0 Å². The van der Waals surface area contributed by atoms with Crippen molar-refractivity contribution in [1.29, 1.82) is 0 Å². The molecular formula is C13H25ClN2. The van der Waals surface area contributed by atoms with Crippen LogP contribution in [0.15, 0.2) is 0 Å². The molecule has 4 atom stereocenters. The topological polar surface area (TPSA) is 29.3 Å². The van der Waals surface area contributed by atoms with Crippen LogP contribution in [0.5, 0.6) is 0 Å². The predicted molar refractivity (Wildman–Crippen MR) is 69.8 cm³/mol. The summed E-state index contributed by atoms with van der Waals surface area (Å²) in [4.78, 5) is 2.64. The molecule has 3 aliphatic rings. The first-order valence-electron chi connectivity index (χ1n) is 6.79. The Bertz CT molecular complexity index is 234. The maximum Gasteiger partial charge on any atom is 0.0168 e. The third-order valence-corrected chi connectivity index (χ3v) is 4.92. The number of fused-ring (bicyclic) bond motifs is 2. The van der Waals surface area contributed by atoms with Crippen LogP contribution in [0.1, 0.15) is 38.5 Å². The van der Waals surface area contributed by atoms with Gasteiger partial charge in [-0.1, -0.05) is 6.42 Å². The van der Waals surface area contributed by atoms with Crippen molar-refractivity contribution >= 4 is 12.4 Å². The Labute approximate surface area is 105 Å². The lowest BCUT2D eigenvalue weighted by Crippen LogP contribution is -2.45. The molecule has 2 saturated carbocycles. The van der Waals surface area contributed by atoms with Crippen molar-refractivity contribution in [3.63, 3.8) is 0 Å². The van der Waals surface area contributed by atoms with Crippen molar-refractivity contribution in [2.75, 3.05) is 19.6 Å². The average molecular weight is 245 g/mol. The molecular weight excluding hydrogens is 220 g/mol. The summed E-state index contributed by atoms with van der Waals surface area (Å²) in [5.74, 6) is 3.20. The minimum atomic E-state index is 0. The van der Waals surface area contributed by atoms with E-state index in [-0.39, 0.29) is 12.4 Å². The van der Waals surface area contributed by atoms with Gasteiger partial charge in [0.05, 0.1) is 0 Å². The van der Waals surface area contributed by atoms with E-state index in [9.17, 15) is 0 Å². The van der Waals surface area contributed by atoms with Crippen LogP contribution in [0.3, 0.4) is 0 Å². The molecule has 1 heterocycles. The highest BCUT2D eigenvalue weighted by molar-refractivity contribution is 5.85. The summed E-state index contributed by atoms with van der Waals surface area (Å²) in [6, 6.07) is 0.456. The van der Waals surface area contributed by atoms with E-state index >= 15 is 0 Å².